The van der Waals surface area contributed by atoms with Crippen molar-refractivity contribution in [3.63, 3.8) is 0 Å². The molecule has 0 radical (unpaired) electrons. The molecule has 1 heterocycles. The Kier molecular flexibility index (Phi) is 3.57. The predicted molar refractivity (Wildman–Crippen MR) is 51.7 cm³/mol. The molecule has 3 N–H and O–H groups in total. The predicted octanol–water partition coefficient (Wildman–Crippen LogP) is -0.0705. The van der Waals surface area contributed by atoms with E-state index < -0.39 is 38.3 Å². The largest absolute Gasteiger partial charge is 0.573 e. The summed E-state index contributed by atoms with van der Waals surface area (Å²) in [6.45, 7) is 0. The molecule has 0 unspecified atom stereocenters. The number of rotatable bonds is 3. The molecule has 1 rings (SSSR count). The fourth-order valence-electron chi connectivity index (χ4n) is 1.09. The van der Waals surface area contributed by atoms with Gasteiger partial charge in [-0.25, -0.2) is 13.6 Å². The minimum atomic E-state index is -5.14. The lowest BCUT2D eigenvalue weighted by Crippen LogP contribution is -2.27. The minimum absolute atomic E-state index is 0.517. The number of halogens is 3. The van der Waals surface area contributed by atoms with Crippen LogP contribution in [0.25, 0.3) is 0 Å². The third kappa shape index (κ3) is 3.13. The Hall–Kier alpha value is -1.75. The third-order valence-electron chi connectivity index (χ3n) is 1.68. The summed E-state index contributed by atoms with van der Waals surface area (Å²) in [5.74, 6) is -1.84. The monoisotopic (exact) mass is 288 g/mol. The first kappa shape index (κ1) is 14.3. The first-order valence-electron chi connectivity index (χ1n) is 4.14. The SMILES string of the molecule is COc1[nH]cc(OC(F)(F)F)c(=O)c1S(N)(=O)=O. The maximum atomic E-state index is 11.9. The maximum Gasteiger partial charge on any atom is 0.573 e. The molecule has 0 aliphatic carbocycles. The van der Waals surface area contributed by atoms with Crippen LogP contribution in [0.5, 0.6) is 11.6 Å². The molecule has 0 fully saturated rings. The van der Waals surface area contributed by atoms with Crippen LogP contribution in [0.3, 0.4) is 0 Å². The summed E-state index contributed by atoms with van der Waals surface area (Å²) in [6.07, 6.45) is -4.62. The van der Waals surface area contributed by atoms with Crippen LogP contribution in [0, 0.1) is 0 Å². The van der Waals surface area contributed by atoms with Crippen molar-refractivity contribution in [2.75, 3.05) is 7.11 Å². The Bertz CT molecular complexity index is 606. The molecule has 0 atom stereocenters. The first-order valence-corrected chi connectivity index (χ1v) is 5.69. The van der Waals surface area contributed by atoms with Crippen molar-refractivity contribution in [1.29, 1.82) is 0 Å². The Morgan fingerprint density at radius 2 is 1.94 bits per heavy atom. The number of H-pyrrole nitrogens is 1. The second kappa shape index (κ2) is 4.49. The Morgan fingerprint density at radius 1 is 1.39 bits per heavy atom. The molecular formula is C7H7F3N2O5S. The fraction of sp³-hybridized carbons (Fsp3) is 0.286. The van der Waals surface area contributed by atoms with Gasteiger partial charge in [0, 0.05) is 0 Å². The van der Waals surface area contributed by atoms with E-state index in [1.165, 1.54) is 0 Å². The second-order valence-corrected chi connectivity index (χ2v) is 4.44. The number of methoxy groups -OCH3 is 1. The van der Waals surface area contributed by atoms with E-state index in [-0.39, 0.29) is 0 Å². The number of hydrogen-bond donors (Lipinski definition) is 2. The van der Waals surface area contributed by atoms with Crippen LogP contribution in [-0.2, 0) is 10.0 Å². The van der Waals surface area contributed by atoms with Gasteiger partial charge in [-0.1, -0.05) is 0 Å². The van der Waals surface area contributed by atoms with E-state index in [1.54, 1.807) is 0 Å². The highest BCUT2D eigenvalue weighted by molar-refractivity contribution is 7.89. The van der Waals surface area contributed by atoms with E-state index >= 15 is 0 Å². The normalized spacial score (nSPS) is 12.3. The molecule has 0 spiro atoms. The summed E-state index contributed by atoms with van der Waals surface area (Å²) in [6, 6.07) is 0. The summed E-state index contributed by atoms with van der Waals surface area (Å²) < 4.78 is 65.9. The van der Waals surface area contributed by atoms with Crippen LogP contribution in [-0.4, -0.2) is 26.9 Å². The third-order valence-corrected chi connectivity index (χ3v) is 2.62. The van der Waals surface area contributed by atoms with Crippen molar-refractivity contribution in [3.8, 4) is 11.6 Å². The van der Waals surface area contributed by atoms with Crippen molar-refractivity contribution >= 4 is 10.0 Å². The number of ether oxygens (including phenoxy) is 2. The van der Waals surface area contributed by atoms with Crippen molar-refractivity contribution < 1.29 is 31.1 Å². The number of nitrogens with two attached hydrogens (primary N) is 1. The van der Waals surface area contributed by atoms with Gasteiger partial charge in [-0.15, -0.1) is 13.2 Å². The summed E-state index contributed by atoms with van der Waals surface area (Å²) in [7, 11) is -3.57. The van der Waals surface area contributed by atoms with E-state index in [0.29, 0.717) is 6.20 Å². The number of sulfonamides is 1. The van der Waals surface area contributed by atoms with E-state index in [0.717, 1.165) is 7.11 Å². The molecule has 0 aliphatic rings. The van der Waals surface area contributed by atoms with E-state index in [1.807, 2.05) is 4.98 Å². The van der Waals surface area contributed by atoms with Crippen molar-refractivity contribution in [2.24, 2.45) is 5.14 Å². The molecule has 7 nitrogen and oxygen atoms in total. The van der Waals surface area contributed by atoms with Gasteiger partial charge in [-0.05, 0) is 0 Å². The summed E-state index contributed by atoms with van der Waals surface area (Å²) in [5.41, 5.74) is -1.55. The molecule has 11 heteroatoms. The number of nitrogens with one attached hydrogen (secondary N) is 1. The van der Waals surface area contributed by atoms with Gasteiger partial charge in [-0.3, -0.25) is 4.79 Å². The molecule has 1 aromatic heterocycles. The van der Waals surface area contributed by atoms with Gasteiger partial charge in [0.25, 0.3) is 0 Å². The van der Waals surface area contributed by atoms with Gasteiger partial charge in [0.1, 0.15) is 0 Å². The topological polar surface area (TPSA) is 111 Å². The Labute approximate surface area is 98.4 Å². The van der Waals surface area contributed by atoms with Gasteiger partial charge in [0.05, 0.1) is 13.3 Å². The average Bonchev–Trinajstić information content (AvgIpc) is 2.16. The zero-order valence-electron chi connectivity index (χ0n) is 8.74. The number of aromatic amines is 1. The molecule has 0 bridgehead atoms. The Morgan fingerprint density at radius 3 is 2.33 bits per heavy atom. The van der Waals surface area contributed by atoms with Crippen LogP contribution in [0.2, 0.25) is 0 Å². The van der Waals surface area contributed by atoms with Gasteiger partial charge in [0.15, 0.2) is 10.6 Å². The van der Waals surface area contributed by atoms with Crippen LogP contribution in [0.1, 0.15) is 0 Å². The molecule has 18 heavy (non-hydrogen) atoms. The quantitative estimate of drug-likeness (QED) is 0.808. The molecule has 0 amide bonds. The molecule has 0 aliphatic heterocycles. The zero-order valence-corrected chi connectivity index (χ0v) is 9.55. The fourth-order valence-corrected chi connectivity index (χ4v) is 1.85. The van der Waals surface area contributed by atoms with E-state index in [2.05, 4.69) is 9.47 Å². The van der Waals surface area contributed by atoms with Gasteiger partial charge < -0.3 is 14.5 Å². The van der Waals surface area contributed by atoms with Crippen LogP contribution in [0.15, 0.2) is 15.9 Å². The van der Waals surface area contributed by atoms with Gasteiger partial charge in [-0.2, -0.15) is 0 Å². The molecule has 0 saturated heterocycles. The summed E-state index contributed by atoms with van der Waals surface area (Å²) in [5, 5.41) is 4.70. The molecule has 0 saturated carbocycles. The van der Waals surface area contributed by atoms with Gasteiger partial charge in [0.2, 0.25) is 21.3 Å². The lowest BCUT2D eigenvalue weighted by molar-refractivity contribution is -0.275. The smallest absolute Gasteiger partial charge is 0.481 e. The number of pyridine rings is 1. The Balaban J connectivity index is 3.50. The zero-order chi connectivity index (χ0) is 14.1. The average molecular weight is 288 g/mol. The number of primary sulfonamides is 1. The van der Waals surface area contributed by atoms with Gasteiger partial charge >= 0.3 is 6.36 Å². The minimum Gasteiger partial charge on any atom is -0.481 e. The highest BCUT2D eigenvalue weighted by Gasteiger charge is 2.34. The van der Waals surface area contributed by atoms with Crippen molar-refractivity contribution in [2.45, 2.75) is 11.3 Å². The molecular weight excluding hydrogens is 281 g/mol. The van der Waals surface area contributed by atoms with Crippen molar-refractivity contribution in [3.05, 3.63) is 16.4 Å². The maximum absolute atomic E-state index is 11.9. The van der Waals surface area contributed by atoms with Crippen LogP contribution >= 0.6 is 0 Å². The standard InChI is InChI=1S/C7H7F3N2O5S/c1-16-6-5(18(11,14)15)4(13)3(2-12-6)17-7(8,9)10/h2H,1H3,(H,12,13)(H2,11,14,15). The van der Waals surface area contributed by atoms with E-state index in [9.17, 15) is 26.4 Å². The molecule has 1 aromatic rings. The number of aromatic nitrogens is 1. The first-order chi connectivity index (χ1) is 8.06. The molecule has 0 aromatic carbocycles. The van der Waals surface area contributed by atoms with E-state index in [4.69, 9.17) is 5.14 Å². The summed E-state index contributed by atoms with van der Waals surface area (Å²) in [4.78, 5) is 12.4. The summed E-state index contributed by atoms with van der Waals surface area (Å²) >= 11 is 0. The molecule has 102 valence electrons. The highest BCUT2D eigenvalue weighted by atomic mass is 32.2. The van der Waals surface area contributed by atoms with Crippen LogP contribution < -0.4 is 20.0 Å². The lowest BCUT2D eigenvalue weighted by atomic mass is 10.4. The highest BCUT2D eigenvalue weighted by Crippen LogP contribution is 2.23. The lowest BCUT2D eigenvalue weighted by Gasteiger charge is -2.10. The van der Waals surface area contributed by atoms with Crippen LogP contribution in [0.4, 0.5) is 13.2 Å². The number of hydrogen-bond acceptors (Lipinski definition) is 5. The number of alkyl halides is 3. The second-order valence-electron chi connectivity index (χ2n) is 2.94. The van der Waals surface area contributed by atoms with Crippen molar-refractivity contribution in [1.82, 2.24) is 4.98 Å².